The molecule has 3 rings (SSSR count). The maximum Gasteiger partial charge on any atom is 0.255 e. The summed E-state index contributed by atoms with van der Waals surface area (Å²) in [7, 11) is 0. The van der Waals surface area contributed by atoms with Crippen molar-refractivity contribution >= 4 is 23.6 Å². The number of benzene rings is 2. The van der Waals surface area contributed by atoms with Crippen LogP contribution in [-0.4, -0.2) is 34.6 Å². The van der Waals surface area contributed by atoms with E-state index in [0.717, 1.165) is 12.0 Å². The predicted octanol–water partition coefficient (Wildman–Crippen LogP) is 4.31. The van der Waals surface area contributed by atoms with Crippen molar-refractivity contribution in [1.29, 1.82) is 0 Å². The van der Waals surface area contributed by atoms with Gasteiger partial charge in [-0.15, -0.1) is 11.8 Å². The van der Waals surface area contributed by atoms with E-state index in [2.05, 4.69) is 5.32 Å². The lowest BCUT2D eigenvalue weighted by Gasteiger charge is -2.30. The predicted molar refractivity (Wildman–Crippen MR) is 111 cm³/mol. The minimum Gasteiger partial charge on any atom is -0.352 e. The second-order valence-corrected chi connectivity index (χ2v) is 8.27. The fraction of sp³-hybridized carbons (Fsp3) is 0.364. The van der Waals surface area contributed by atoms with Crippen molar-refractivity contribution in [3.63, 3.8) is 0 Å². The molecule has 3 unspecified atom stereocenters. The molecule has 1 N–H and O–H groups in total. The summed E-state index contributed by atoms with van der Waals surface area (Å²) in [4.78, 5) is 27.9. The van der Waals surface area contributed by atoms with Crippen LogP contribution in [0.2, 0.25) is 0 Å². The monoisotopic (exact) mass is 400 g/mol. The van der Waals surface area contributed by atoms with Crippen molar-refractivity contribution in [2.75, 3.05) is 5.75 Å². The molecule has 1 fully saturated rings. The Morgan fingerprint density at radius 1 is 1.25 bits per heavy atom. The van der Waals surface area contributed by atoms with Gasteiger partial charge < -0.3 is 10.2 Å². The van der Waals surface area contributed by atoms with E-state index in [1.54, 1.807) is 23.1 Å². The van der Waals surface area contributed by atoms with E-state index < -0.39 is 11.4 Å². The number of nitrogens with one attached hydrogen (secondary N) is 1. The molecule has 0 bridgehead atoms. The molecule has 1 saturated heterocycles. The summed E-state index contributed by atoms with van der Waals surface area (Å²) < 4.78 is 13.8. The number of rotatable bonds is 5. The third-order valence-electron chi connectivity index (χ3n) is 4.94. The van der Waals surface area contributed by atoms with E-state index in [4.69, 9.17) is 0 Å². The Hall–Kier alpha value is -2.34. The van der Waals surface area contributed by atoms with E-state index in [9.17, 15) is 14.0 Å². The molecule has 1 heterocycles. The summed E-state index contributed by atoms with van der Waals surface area (Å²) in [6.45, 7) is 5.86. The highest BCUT2D eigenvalue weighted by Gasteiger charge is 2.42. The molecule has 0 aliphatic carbocycles. The normalized spacial score (nSPS) is 20.1. The summed E-state index contributed by atoms with van der Waals surface area (Å²) in [5, 5.41) is 2.58. The molecular weight excluding hydrogens is 375 g/mol. The largest absolute Gasteiger partial charge is 0.352 e. The van der Waals surface area contributed by atoms with Crippen LogP contribution in [0.4, 0.5) is 4.39 Å². The first-order chi connectivity index (χ1) is 13.4. The van der Waals surface area contributed by atoms with Crippen LogP contribution in [-0.2, 0) is 4.79 Å². The minimum atomic E-state index is -0.597. The molecule has 0 radical (unpaired) electrons. The maximum atomic E-state index is 13.8. The van der Waals surface area contributed by atoms with Crippen LogP contribution in [0.25, 0.3) is 0 Å². The number of carbonyl (C=O) groups is 2. The number of carbonyl (C=O) groups excluding carboxylic acids is 2. The van der Waals surface area contributed by atoms with Gasteiger partial charge in [-0.1, -0.05) is 36.8 Å². The third kappa shape index (κ3) is 4.38. The minimum absolute atomic E-state index is 0.0293. The van der Waals surface area contributed by atoms with Crippen LogP contribution >= 0.6 is 11.8 Å². The van der Waals surface area contributed by atoms with E-state index in [1.165, 1.54) is 23.9 Å². The average Bonchev–Trinajstić information content (AvgIpc) is 3.12. The highest BCUT2D eigenvalue weighted by atomic mass is 32.2. The van der Waals surface area contributed by atoms with E-state index in [0.29, 0.717) is 16.9 Å². The summed E-state index contributed by atoms with van der Waals surface area (Å²) in [6, 6.07) is 13.0. The SMILES string of the molecule is CCC(C)NC(=O)C1CSC(c2cccc(F)c2)N1C(=O)c1cccc(C)c1. The van der Waals surface area contributed by atoms with Gasteiger partial charge in [-0.3, -0.25) is 9.59 Å². The fourth-order valence-corrected chi connectivity index (χ4v) is 4.66. The highest BCUT2D eigenvalue weighted by Crippen LogP contribution is 2.42. The summed E-state index contributed by atoms with van der Waals surface area (Å²) in [5.74, 6) is -0.261. The smallest absolute Gasteiger partial charge is 0.255 e. The standard InChI is InChI=1S/C22H25FN2O2S/c1-4-15(3)24-20(26)19-13-28-22(17-9-6-10-18(23)12-17)25(19)21(27)16-8-5-7-14(2)11-16/h5-12,15,19,22H,4,13H2,1-3H3,(H,24,26). The van der Waals surface area contributed by atoms with Crippen molar-refractivity contribution in [3.05, 3.63) is 71.0 Å². The van der Waals surface area contributed by atoms with E-state index in [1.807, 2.05) is 39.0 Å². The number of amides is 2. The van der Waals surface area contributed by atoms with Crippen molar-refractivity contribution in [1.82, 2.24) is 10.2 Å². The second kappa shape index (κ2) is 8.78. The first kappa shape index (κ1) is 20.4. The Kier molecular flexibility index (Phi) is 6.39. The lowest BCUT2D eigenvalue weighted by atomic mass is 10.1. The molecule has 6 heteroatoms. The molecule has 1 aliphatic rings. The van der Waals surface area contributed by atoms with Gasteiger partial charge >= 0.3 is 0 Å². The van der Waals surface area contributed by atoms with Gasteiger partial charge in [-0.05, 0) is 50.1 Å². The lowest BCUT2D eigenvalue weighted by Crippen LogP contribution is -2.49. The molecule has 3 atom stereocenters. The molecule has 28 heavy (non-hydrogen) atoms. The quantitative estimate of drug-likeness (QED) is 0.814. The van der Waals surface area contributed by atoms with Crippen LogP contribution < -0.4 is 5.32 Å². The van der Waals surface area contributed by atoms with E-state index >= 15 is 0 Å². The van der Waals surface area contributed by atoms with Crippen LogP contribution in [0.15, 0.2) is 48.5 Å². The third-order valence-corrected chi connectivity index (χ3v) is 6.26. The van der Waals surface area contributed by atoms with Gasteiger partial charge in [0, 0.05) is 17.4 Å². The molecular formula is C22H25FN2O2S. The zero-order chi connectivity index (χ0) is 20.3. The zero-order valence-corrected chi connectivity index (χ0v) is 17.1. The Morgan fingerprint density at radius 3 is 2.68 bits per heavy atom. The summed E-state index contributed by atoms with van der Waals surface area (Å²) in [5.41, 5.74) is 2.19. The Balaban J connectivity index is 1.96. The Morgan fingerprint density at radius 2 is 2.00 bits per heavy atom. The van der Waals surface area contributed by atoms with Crippen molar-refractivity contribution in [2.45, 2.75) is 44.6 Å². The van der Waals surface area contributed by atoms with Gasteiger partial charge in [-0.2, -0.15) is 0 Å². The molecule has 0 saturated carbocycles. The van der Waals surface area contributed by atoms with Gasteiger partial charge in [-0.25, -0.2) is 4.39 Å². The fourth-order valence-electron chi connectivity index (χ4n) is 3.24. The number of nitrogens with zero attached hydrogens (tertiary/aromatic N) is 1. The first-order valence-electron chi connectivity index (χ1n) is 9.47. The molecule has 2 aromatic rings. The lowest BCUT2D eigenvalue weighted by molar-refractivity contribution is -0.125. The first-order valence-corrected chi connectivity index (χ1v) is 10.5. The number of aryl methyl sites for hydroxylation is 1. The highest BCUT2D eigenvalue weighted by molar-refractivity contribution is 7.99. The van der Waals surface area contributed by atoms with E-state index in [-0.39, 0.29) is 23.7 Å². The molecule has 2 amide bonds. The molecule has 0 spiro atoms. The second-order valence-electron chi connectivity index (χ2n) is 7.16. The summed E-state index contributed by atoms with van der Waals surface area (Å²) >= 11 is 1.49. The van der Waals surface area contributed by atoms with Gasteiger partial charge in [0.15, 0.2) is 0 Å². The van der Waals surface area contributed by atoms with Crippen molar-refractivity contribution < 1.29 is 14.0 Å². The van der Waals surface area contributed by atoms with Crippen LogP contribution in [0.3, 0.4) is 0 Å². The molecule has 4 nitrogen and oxygen atoms in total. The van der Waals surface area contributed by atoms with Gasteiger partial charge in [0.1, 0.15) is 17.2 Å². The van der Waals surface area contributed by atoms with Gasteiger partial charge in [0.25, 0.3) is 5.91 Å². The Labute approximate surface area is 169 Å². The topological polar surface area (TPSA) is 49.4 Å². The number of hydrogen-bond acceptors (Lipinski definition) is 3. The number of hydrogen-bond donors (Lipinski definition) is 1. The van der Waals surface area contributed by atoms with Gasteiger partial charge in [0.05, 0.1) is 0 Å². The molecule has 1 aliphatic heterocycles. The van der Waals surface area contributed by atoms with Crippen LogP contribution in [0.5, 0.6) is 0 Å². The van der Waals surface area contributed by atoms with Crippen molar-refractivity contribution in [2.24, 2.45) is 0 Å². The molecule has 148 valence electrons. The van der Waals surface area contributed by atoms with Crippen molar-refractivity contribution in [3.8, 4) is 0 Å². The molecule has 0 aromatic heterocycles. The van der Waals surface area contributed by atoms with Crippen LogP contribution in [0.1, 0.15) is 47.1 Å². The number of halogens is 1. The Bertz CT molecular complexity index is 873. The maximum absolute atomic E-state index is 13.8. The van der Waals surface area contributed by atoms with Crippen LogP contribution in [0, 0.1) is 12.7 Å². The molecule has 2 aromatic carbocycles. The zero-order valence-electron chi connectivity index (χ0n) is 16.3. The number of thioether (sulfide) groups is 1. The average molecular weight is 401 g/mol. The van der Waals surface area contributed by atoms with Gasteiger partial charge in [0.2, 0.25) is 5.91 Å². The summed E-state index contributed by atoms with van der Waals surface area (Å²) in [6.07, 6.45) is 0.810.